The summed E-state index contributed by atoms with van der Waals surface area (Å²) in [5, 5.41) is 8.91. The summed E-state index contributed by atoms with van der Waals surface area (Å²) in [4.78, 5) is 10.8. The van der Waals surface area contributed by atoms with Gasteiger partial charge in [0, 0.05) is 5.57 Å². The normalized spacial score (nSPS) is 15.3. The minimum absolute atomic E-state index is 0.535. The second-order valence-corrected chi connectivity index (χ2v) is 3.56. The highest BCUT2D eigenvalue weighted by Gasteiger charge is 2.09. The van der Waals surface area contributed by atoms with Gasteiger partial charge < -0.3 is 5.11 Å². The molecule has 2 bridgehead atoms. The van der Waals surface area contributed by atoms with Gasteiger partial charge in [0.2, 0.25) is 0 Å². The summed E-state index contributed by atoms with van der Waals surface area (Å²) in [5.41, 5.74) is 2.92. The second kappa shape index (κ2) is 3.66. The number of benzene rings is 1. The first kappa shape index (κ1) is 9.00. The van der Waals surface area contributed by atoms with Crippen LogP contribution in [-0.4, -0.2) is 11.1 Å². The highest BCUT2D eigenvalue weighted by molar-refractivity contribution is 5.86. The number of carbonyl (C=O) groups is 1. The number of hydrogen-bond donors (Lipinski definition) is 1. The van der Waals surface area contributed by atoms with E-state index in [0.29, 0.717) is 12.0 Å². The summed E-state index contributed by atoms with van der Waals surface area (Å²) in [6.45, 7) is 0. The Morgan fingerprint density at radius 2 is 1.71 bits per heavy atom. The Labute approximate surface area is 82.9 Å². The average molecular weight is 188 g/mol. The summed E-state index contributed by atoms with van der Waals surface area (Å²) in [7, 11) is 0. The van der Waals surface area contributed by atoms with E-state index in [-0.39, 0.29) is 0 Å². The van der Waals surface area contributed by atoms with Crippen LogP contribution in [0.15, 0.2) is 35.9 Å². The molecule has 0 radical (unpaired) electrons. The van der Waals surface area contributed by atoms with E-state index in [0.717, 1.165) is 12.8 Å². The number of carboxylic acid groups (broad SMARTS) is 1. The molecule has 2 aliphatic rings. The molecule has 3 rings (SSSR count). The lowest BCUT2D eigenvalue weighted by atomic mass is 10.1. The molecule has 1 aromatic carbocycles. The third kappa shape index (κ3) is 1.84. The van der Waals surface area contributed by atoms with Crippen LogP contribution < -0.4 is 0 Å². The van der Waals surface area contributed by atoms with E-state index < -0.39 is 5.97 Å². The molecule has 0 saturated carbocycles. The molecule has 0 spiro atoms. The number of aryl methyl sites for hydroxylation is 1. The van der Waals surface area contributed by atoms with Gasteiger partial charge in [-0.15, -0.1) is 0 Å². The largest absolute Gasteiger partial charge is 0.478 e. The van der Waals surface area contributed by atoms with Crippen molar-refractivity contribution in [3.05, 3.63) is 47.0 Å². The maximum absolute atomic E-state index is 10.8. The van der Waals surface area contributed by atoms with Crippen molar-refractivity contribution >= 4 is 5.97 Å². The highest BCUT2D eigenvalue weighted by Crippen LogP contribution is 2.15. The Morgan fingerprint density at radius 1 is 1.07 bits per heavy atom. The molecule has 0 heterocycles. The number of fused-ring (bicyclic) bond motifs is 5. The van der Waals surface area contributed by atoms with Crippen LogP contribution in [0.1, 0.15) is 17.5 Å². The average Bonchev–Trinajstić information content (AvgIpc) is 2.33. The minimum Gasteiger partial charge on any atom is -0.478 e. The summed E-state index contributed by atoms with van der Waals surface area (Å²) < 4.78 is 0. The molecule has 2 heteroatoms. The molecule has 0 aliphatic heterocycles. The van der Waals surface area contributed by atoms with Crippen molar-refractivity contribution in [3.8, 4) is 0 Å². The van der Waals surface area contributed by atoms with Crippen molar-refractivity contribution in [1.82, 2.24) is 0 Å². The van der Waals surface area contributed by atoms with Crippen molar-refractivity contribution in [1.29, 1.82) is 0 Å². The highest BCUT2D eigenvalue weighted by atomic mass is 16.4. The van der Waals surface area contributed by atoms with Crippen molar-refractivity contribution < 1.29 is 9.90 Å². The number of hydrogen-bond acceptors (Lipinski definition) is 1. The molecular weight excluding hydrogens is 176 g/mol. The van der Waals surface area contributed by atoms with E-state index in [2.05, 4.69) is 24.3 Å². The predicted octanol–water partition coefficient (Wildman–Crippen LogP) is 2.19. The molecule has 0 unspecified atom stereocenters. The van der Waals surface area contributed by atoms with Crippen LogP contribution >= 0.6 is 0 Å². The quantitative estimate of drug-likeness (QED) is 0.733. The molecule has 0 atom stereocenters. The van der Waals surface area contributed by atoms with E-state index in [9.17, 15) is 4.79 Å². The van der Waals surface area contributed by atoms with Gasteiger partial charge in [-0.2, -0.15) is 0 Å². The molecule has 2 nitrogen and oxygen atoms in total. The minimum atomic E-state index is -0.785. The number of rotatable bonds is 1. The van der Waals surface area contributed by atoms with Gasteiger partial charge in [0.1, 0.15) is 0 Å². The zero-order chi connectivity index (χ0) is 9.97. The van der Waals surface area contributed by atoms with E-state index in [1.54, 1.807) is 0 Å². The SMILES string of the molecule is O=C(O)C1=CCc2ccc(cc2)CC1. The van der Waals surface area contributed by atoms with Gasteiger partial charge in [-0.1, -0.05) is 30.3 Å². The molecule has 0 amide bonds. The van der Waals surface area contributed by atoms with E-state index >= 15 is 0 Å². The molecular formula is C12H12O2. The Morgan fingerprint density at radius 3 is 2.36 bits per heavy atom. The molecule has 1 aromatic rings. The fraction of sp³-hybridized carbons (Fsp3) is 0.250. The first-order valence-electron chi connectivity index (χ1n) is 4.76. The first-order valence-corrected chi connectivity index (χ1v) is 4.76. The van der Waals surface area contributed by atoms with Crippen LogP contribution in [0.5, 0.6) is 0 Å². The number of allylic oxidation sites excluding steroid dienone is 1. The van der Waals surface area contributed by atoms with Gasteiger partial charge in [-0.05, 0) is 30.4 Å². The van der Waals surface area contributed by atoms with Crippen molar-refractivity contribution in [2.75, 3.05) is 0 Å². The molecule has 72 valence electrons. The zero-order valence-electron chi connectivity index (χ0n) is 7.86. The standard InChI is InChI=1S/C12H12O2/c13-12(14)11-7-5-9-1-2-10(4-3-9)6-8-11/h1-4,7H,5-6,8H2,(H,13,14). The number of aliphatic carboxylic acids is 1. The smallest absolute Gasteiger partial charge is 0.331 e. The van der Waals surface area contributed by atoms with Crippen LogP contribution in [0.2, 0.25) is 0 Å². The Bertz CT molecular complexity index is 374. The van der Waals surface area contributed by atoms with Crippen LogP contribution in [-0.2, 0) is 17.6 Å². The van der Waals surface area contributed by atoms with Gasteiger partial charge in [-0.25, -0.2) is 4.79 Å². The number of carboxylic acids is 1. The van der Waals surface area contributed by atoms with Crippen molar-refractivity contribution in [2.24, 2.45) is 0 Å². The molecule has 0 fully saturated rings. The molecule has 2 aliphatic carbocycles. The van der Waals surface area contributed by atoms with Gasteiger partial charge >= 0.3 is 5.97 Å². The lowest BCUT2D eigenvalue weighted by Gasteiger charge is -2.00. The molecule has 14 heavy (non-hydrogen) atoms. The van der Waals surface area contributed by atoms with Gasteiger partial charge in [0.25, 0.3) is 0 Å². The fourth-order valence-electron chi connectivity index (χ4n) is 1.66. The van der Waals surface area contributed by atoms with Crippen molar-refractivity contribution in [3.63, 3.8) is 0 Å². The van der Waals surface area contributed by atoms with Crippen LogP contribution in [0.25, 0.3) is 0 Å². The van der Waals surface area contributed by atoms with Gasteiger partial charge in [-0.3, -0.25) is 0 Å². The van der Waals surface area contributed by atoms with E-state index in [1.807, 2.05) is 6.08 Å². The van der Waals surface area contributed by atoms with E-state index in [1.165, 1.54) is 11.1 Å². The second-order valence-electron chi connectivity index (χ2n) is 3.56. The lowest BCUT2D eigenvalue weighted by Crippen LogP contribution is -2.01. The van der Waals surface area contributed by atoms with Gasteiger partial charge in [0.05, 0.1) is 0 Å². The maximum Gasteiger partial charge on any atom is 0.331 e. The van der Waals surface area contributed by atoms with Gasteiger partial charge in [0.15, 0.2) is 0 Å². The Balaban J connectivity index is 2.30. The zero-order valence-corrected chi connectivity index (χ0v) is 7.86. The third-order valence-electron chi connectivity index (χ3n) is 2.56. The summed E-state index contributed by atoms with van der Waals surface area (Å²) in [6, 6.07) is 8.29. The topological polar surface area (TPSA) is 37.3 Å². The predicted molar refractivity (Wildman–Crippen MR) is 54.2 cm³/mol. The molecule has 0 aromatic heterocycles. The first-order chi connectivity index (χ1) is 6.75. The lowest BCUT2D eigenvalue weighted by molar-refractivity contribution is -0.132. The summed E-state index contributed by atoms with van der Waals surface area (Å²) in [5.74, 6) is -0.785. The Kier molecular flexibility index (Phi) is 2.35. The fourth-order valence-corrected chi connectivity index (χ4v) is 1.66. The summed E-state index contributed by atoms with van der Waals surface area (Å²) in [6.07, 6.45) is 3.99. The van der Waals surface area contributed by atoms with Crippen LogP contribution in [0.3, 0.4) is 0 Å². The molecule has 1 N–H and O–H groups in total. The third-order valence-corrected chi connectivity index (χ3v) is 2.56. The van der Waals surface area contributed by atoms with Crippen LogP contribution in [0, 0.1) is 0 Å². The molecule has 0 saturated heterocycles. The Hall–Kier alpha value is -1.57. The maximum atomic E-state index is 10.8. The monoisotopic (exact) mass is 188 g/mol. The van der Waals surface area contributed by atoms with Crippen molar-refractivity contribution in [2.45, 2.75) is 19.3 Å². The van der Waals surface area contributed by atoms with Crippen LogP contribution in [0.4, 0.5) is 0 Å². The van der Waals surface area contributed by atoms with E-state index in [4.69, 9.17) is 5.11 Å². The summed E-state index contributed by atoms with van der Waals surface area (Å²) >= 11 is 0.